The fourth-order valence-corrected chi connectivity index (χ4v) is 5.91. The van der Waals surface area contributed by atoms with Gasteiger partial charge >= 0.3 is 11.9 Å². The molecule has 82 heavy (non-hydrogen) atoms. The summed E-state index contributed by atoms with van der Waals surface area (Å²) in [6, 6.07) is 11.8. The monoisotopic (exact) mass is 1130 g/mol. The highest BCUT2D eigenvalue weighted by molar-refractivity contribution is 5.82. The lowest BCUT2D eigenvalue weighted by atomic mass is 10.0. The number of unbranched alkanes of at least 4 members (excludes halogenated alkanes) is 1. The summed E-state index contributed by atoms with van der Waals surface area (Å²) < 4.78 is 0. The topological polar surface area (TPSA) is 543 Å². The van der Waals surface area contributed by atoms with Crippen LogP contribution in [0, 0.1) is 13.8 Å². The third-order valence-corrected chi connectivity index (χ3v) is 10.7. The molecule has 5 atom stereocenters. The Balaban J connectivity index is 0.000000272. The highest BCUT2D eigenvalue weighted by Crippen LogP contribution is 2.16. The number of amides is 1. The maximum Gasteiger partial charge on any atom is 0.320 e. The molecule has 0 fully saturated rings. The first-order valence-electron chi connectivity index (χ1n) is 24.9. The van der Waals surface area contributed by atoms with Gasteiger partial charge in [-0.15, -0.1) is 102 Å². The van der Waals surface area contributed by atoms with Crippen LogP contribution in [-0.2, 0) is 60.9 Å². The molecular weight excluding hydrogens is 1070 g/mol. The maximum absolute atomic E-state index is 11.5. The third kappa shape index (κ3) is 27.3. The van der Waals surface area contributed by atoms with Crippen LogP contribution in [0.4, 0.5) is 0 Å². The van der Waals surface area contributed by atoms with E-state index >= 15 is 0 Å². The number of nitrogens with two attached hydrogens (primary N) is 5. The second-order valence-corrected chi connectivity index (χ2v) is 17.5. The van der Waals surface area contributed by atoms with Crippen LogP contribution in [0.1, 0.15) is 86.7 Å². The molecule has 5 unspecified atom stereocenters. The fourth-order valence-electron chi connectivity index (χ4n) is 5.91. The second kappa shape index (κ2) is 36.5. The first-order chi connectivity index (χ1) is 39.1. The summed E-state index contributed by atoms with van der Waals surface area (Å²) in [5.74, 6) is 0.564. The van der Waals surface area contributed by atoms with Gasteiger partial charge in [0.05, 0.1) is 18.1 Å². The number of carbonyl (C=O) groups excluding carboxylic acids is 4. The van der Waals surface area contributed by atoms with Crippen LogP contribution in [0.2, 0.25) is 0 Å². The molecule has 0 aliphatic rings. The minimum absolute atomic E-state index is 0.000819. The molecule has 7 aromatic rings. The zero-order valence-corrected chi connectivity index (χ0v) is 45.5. The molecule has 1 amide bonds. The Hall–Kier alpha value is -9.64. The van der Waals surface area contributed by atoms with E-state index in [1.807, 2.05) is 48.5 Å². The number of hydrogen-bond donors (Lipinski definition) is 8. The average molecular weight is 1130 g/mol. The van der Waals surface area contributed by atoms with E-state index in [1.54, 1.807) is 13.8 Å². The molecule has 34 heteroatoms. The molecule has 0 spiro atoms. The molecule has 34 nitrogen and oxygen atoms in total. The Morgan fingerprint density at radius 3 is 1.21 bits per heavy atom. The van der Waals surface area contributed by atoms with Gasteiger partial charge in [0.1, 0.15) is 29.4 Å². The van der Waals surface area contributed by atoms with Crippen molar-refractivity contribution < 1.29 is 39.0 Å². The van der Waals surface area contributed by atoms with Gasteiger partial charge in [-0.1, -0.05) is 48.5 Å². The van der Waals surface area contributed by atoms with Crippen LogP contribution in [0.3, 0.4) is 0 Å². The van der Waals surface area contributed by atoms with E-state index in [0.717, 1.165) is 41.4 Å². The van der Waals surface area contributed by atoms with E-state index in [9.17, 15) is 28.8 Å². The smallest absolute Gasteiger partial charge is 0.320 e. The quantitative estimate of drug-likeness (QED) is 0.0301. The molecule has 434 valence electrons. The van der Waals surface area contributed by atoms with E-state index in [2.05, 4.69) is 107 Å². The summed E-state index contributed by atoms with van der Waals surface area (Å²) >= 11 is 0. The molecule has 5 aromatic heterocycles. The lowest BCUT2D eigenvalue weighted by molar-refractivity contribution is -0.139. The Morgan fingerprint density at radius 1 is 0.439 bits per heavy atom. The predicted octanol–water partition coefficient (Wildman–Crippen LogP) is -2.75. The van der Waals surface area contributed by atoms with Gasteiger partial charge in [0.25, 0.3) is 0 Å². The highest BCUT2D eigenvalue weighted by Gasteiger charge is 2.16. The van der Waals surface area contributed by atoms with Gasteiger partial charge in [0.2, 0.25) is 17.6 Å². The first kappa shape index (κ1) is 66.6. The molecule has 0 saturated carbocycles. The molecule has 0 aliphatic carbocycles. The zero-order chi connectivity index (χ0) is 60.4. The van der Waals surface area contributed by atoms with E-state index in [-0.39, 0.29) is 53.8 Å². The number of aromatic nitrogens is 20. The van der Waals surface area contributed by atoms with Crippen molar-refractivity contribution in [2.75, 3.05) is 6.54 Å². The van der Waals surface area contributed by atoms with E-state index in [1.165, 1.54) is 33.4 Å². The summed E-state index contributed by atoms with van der Waals surface area (Å²) in [5.41, 5.74) is 31.2. The standard InChI is InChI=1S/C13H15N5O.C12H20N6O2.C12H13N5O.C6H9N5O2.C5H7N5O2/c1-8(19)12(14)7-10-3-5-11(6-4-10)13-17-15-9(2)16-18-13;1-9(19)10(13)4-2-3-7-14-12(20)6-5-11-17-15-8-16-18-11;1-8(18)11(13)6-9-2-4-10(5-3-9)12-16-14-7-15-17-12;1-3-8-10-5(11-9-3)2-4(7)6(12)13;6-3(5(11)12)1-4-9-7-2-8-10-4/h3-6,12H,7,14H2,1-2H3;8,10H,2-7,13H2,1H3,(H,14,20);2-5,7,11H,6,13H2,1H3;4H,2,7H2,1H3,(H,12,13);2-3H,1,6H2,(H,11,12). The number of rotatable bonds is 23. The van der Waals surface area contributed by atoms with Crippen molar-refractivity contribution in [2.24, 2.45) is 28.7 Å². The van der Waals surface area contributed by atoms with Gasteiger partial charge < -0.3 is 44.2 Å². The number of benzene rings is 2. The van der Waals surface area contributed by atoms with Crippen molar-refractivity contribution in [1.82, 2.24) is 107 Å². The number of aryl methyl sites for hydroxylation is 3. The molecule has 0 saturated heterocycles. The fraction of sp³-hybridized carbons (Fsp3) is 0.417. The van der Waals surface area contributed by atoms with Crippen LogP contribution in [0.25, 0.3) is 22.8 Å². The van der Waals surface area contributed by atoms with Crippen molar-refractivity contribution in [2.45, 2.75) is 123 Å². The summed E-state index contributed by atoms with van der Waals surface area (Å²) in [6.45, 7) is 8.43. The van der Waals surface area contributed by atoms with Gasteiger partial charge in [-0.25, -0.2) is 0 Å². The van der Waals surface area contributed by atoms with Gasteiger partial charge in [-0.3, -0.25) is 28.8 Å². The van der Waals surface area contributed by atoms with E-state index in [4.69, 9.17) is 38.9 Å². The summed E-state index contributed by atoms with van der Waals surface area (Å²) in [7, 11) is 0. The summed E-state index contributed by atoms with van der Waals surface area (Å²) in [4.78, 5) is 65.3. The normalized spacial score (nSPS) is 12.2. The number of carbonyl (C=O) groups is 6. The molecule has 2 aromatic carbocycles. The zero-order valence-electron chi connectivity index (χ0n) is 45.5. The van der Waals surface area contributed by atoms with Crippen molar-refractivity contribution >= 4 is 35.2 Å². The predicted molar refractivity (Wildman–Crippen MR) is 286 cm³/mol. The maximum atomic E-state index is 11.5. The molecule has 7 rings (SSSR count). The lowest BCUT2D eigenvalue weighted by Crippen LogP contribution is -2.33. The molecule has 13 N–H and O–H groups in total. The van der Waals surface area contributed by atoms with Crippen LogP contribution in [-0.4, -0.2) is 184 Å². The Kier molecular flexibility index (Phi) is 29.7. The average Bonchev–Trinajstić information content (AvgIpc) is 3.48. The van der Waals surface area contributed by atoms with E-state index in [0.29, 0.717) is 67.8 Å². The number of carboxylic acids is 2. The Labute approximate surface area is 468 Å². The molecule has 5 heterocycles. The number of ketones is 3. The van der Waals surface area contributed by atoms with Crippen LogP contribution in [0.5, 0.6) is 0 Å². The van der Waals surface area contributed by atoms with Crippen molar-refractivity contribution in [3.63, 3.8) is 0 Å². The first-order valence-corrected chi connectivity index (χ1v) is 24.9. The number of nitrogens with one attached hydrogen (secondary N) is 1. The van der Waals surface area contributed by atoms with Gasteiger partial charge in [-0.2, -0.15) is 0 Å². The molecule has 0 radical (unpaired) electrons. The third-order valence-electron chi connectivity index (χ3n) is 10.7. The lowest BCUT2D eigenvalue weighted by Gasteiger charge is -2.08. The van der Waals surface area contributed by atoms with Gasteiger partial charge in [-0.05, 0) is 77.8 Å². The van der Waals surface area contributed by atoms with Crippen LogP contribution < -0.4 is 34.0 Å². The van der Waals surface area contributed by atoms with Crippen molar-refractivity contribution in [3.8, 4) is 22.8 Å². The molecule has 0 aliphatic heterocycles. The number of aliphatic carboxylic acids is 2. The summed E-state index contributed by atoms with van der Waals surface area (Å²) in [5, 5.41) is 93.5. The number of hydrogen-bond acceptors (Lipinski definition) is 31. The number of Topliss-reactive ketones (excluding diaryl/α,β-unsaturated/α-hetero) is 3. The minimum atomic E-state index is -1.09. The van der Waals surface area contributed by atoms with Crippen LogP contribution in [0.15, 0.2) is 67.5 Å². The highest BCUT2D eigenvalue weighted by atomic mass is 16.4. The van der Waals surface area contributed by atoms with E-state index < -0.39 is 36.1 Å². The number of carboxylic acid groups (broad SMARTS) is 2. The van der Waals surface area contributed by atoms with Crippen LogP contribution >= 0.6 is 0 Å². The van der Waals surface area contributed by atoms with Gasteiger partial charge in [0, 0.05) is 43.4 Å². The largest absolute Gasteiger partial charge is 0.480 e. The minimum Gasteiger partial charge on any atom is -0.480 e. The second-order valence-electron chi connectivity index (χ2n) is 17.5. The SMILES string of the molecule is CC(=O)C(N)CCCCNC(=O)CCc1nncnn1.CC(=O)C(N)Cc1ccc(-c2nnc(C)nn2)cc1.CC(=O)C(N)Cc1ccc(-c2nncnn2)cc1.Cc1nnc(CC(N)C(=O)O)nn1.NC(Cc1nncnn1)C(=O)O. The van der Waals surface area contributed by atoms with Gasteiger partial charge in [0.15, 0.2) is 48.1 Å². The Morgan fingerprint density at radius 2 is 0.805 bits per heavy atom. The molecular formula is C48H64N26O8. The summed E-state index contributed by atoms with van der Waals surface area (Å²) in [6.07, 6.45) is 7.82. The number of nitrogens with zero attached hydrogens (tertiary/aromatic N) is 20. The molecule has 0 bridgehead atoms. The van der Waals surface area contributed by atoms with Crippen molar-refractivity contribution in [1.29, 1.82) is 0 Å². The Bertz CT molecular complexity index is 3020. The van der Waals surface area contributed by atoms with Crippen molar-refractivity contribution in [3.05, 3.63) is 108 Å².